The van der Waals surface area contributed by atoms with Crippen molar-refractivity contribution in [1.82, 2.24) is 10.0 Å². The number of hydrazine groups is 1. The second-order valence-electron chi connectivity index (χ2n) is 3.62. The lowest BCUT2D eigenvalue weighted by Crippen LogP contribution is -2.49. The van der Waals surface area contributed by atoms with Crippen LogP contribution in [0.3, 0.4) is 0 Å². The topological polar surface area (TPSA) is 77.9 Å². The molecule has 0 atom stereocenters. The first kappa shape index (κ1) is 11.8. The van der Waals surface area contributed by atoms with Gasteiger partial charge in [0.15, 0.2) is 0 Å². The zero-order valence-corrected chi connectivity index (χ0v) is 9.37. The van der Waals surface area contributed by atoms with Crippen molar-refractivity contribution >= 4 is 17.9 Å². The fourth-order valence-electron chi connectivity index (χ4n) is 1.76. The first-order valence-electron chi connectivity index (χ1n) is 5.17. The third kappa shape index (κ3) is 1.64. The van der Waals surface area contributed by atoms with Crippen LogP contribution in [0.25, 0.3) is 0 Å². The van der Waals surface area contributed by atoms with Crippen LogP contribution in [0.15, 0.2) is 36.9 Å². The van der Waals surface area contributed by atoms with E-state index < -0.39 is 17.9 Å². The van der Waals surface area contributed by atoms with E-state index in [0.717, 1.165) is 0 Å². The molecule has 0 aliphatic carbocycles. The monoisotopic (exact) mass is 246 g/mol. The van der Waals surface area contributed by atoms with Gasteiger partial charge in [-0.3, -0.25) is 9.59 Å². The van der Waals surface area contributed by atoms with Gasteiger partial charge in [0.1, 0.15) is 0 Å². The molecule has 1 aliphatic heterocycles. The van der Waals surface area contributed by atoms with Gasteiger partial charge >= 0.3 is 6.09 Å². The maximum Gasteiger partial charge on any atom is 0.427 e. The Labute approximate surface area is 103 Å². The van der Waals surface area contributed by atoms with Gasteiger partial charge in [0.25, 0.3) is 11.8 Å². The minimum Gasteiger partial charge on any atom is -0.464 e. The molecular formula is C12H10N2O4. The molecule has 0 fully saturated rings. The Morgan fingerprint density at radius 3 is 2.17 bits per heavy atom. The summed E-state index contributed by atoms with van der Waals surface area (Å²) in [6.45, 7) is 3.26. The van der Waals surface area contributed by atoms with Gasteiger partial charge in [-0.2, -0.15) is 5.01 Å². The molecule has 1 aromatic rings. The Morgan fingerprint density at radius 2 is 1.78 bits per heavy atom. The quantitative estimate of drug-likeness (QED) is 0.645. The van der Waals surface area contributed by atoms with Gasteiger partial charge in [-0.25, -0.2) is 9.80 Å². The van der Waals surface area contributed by atoms with Crippen LogP contribution in [0.1, 0.15) is 20.7 Å². The van der Waals surface area contributed by atoms with Crippen molar-refractivity contribution in [2.45, 2.75) is 0 Å². The smallest absolute Gasteiger partial charge is 0.427 e. The highest BCUT2D eigenvalue weighted by molar-refractivity contribution is 6.21. The van der Waals surface area contributed by atoms with Gasteiger partial charge in [0.2, 0.25) is 0 Å². The van der Waals surface area contributed by atoms with Crippen LogP contribution in [0, 0.1) is 0 Å². The summed E-state index contributed by atoms with van der Waals surface area (Å²) in [7, 11) is 0. The summed E-state index contributed by atoms with van der Waals surface area (Å²) in [5.74, 6) is -1.28. The maximum atomic E-state index is 12.0. The summed E-state index contributed by atoms with van der Waals surface area (Å²) >= 11 is 0. The molecule has 18 heavy (non-hydrogen) atoms. The highest BCUT2D eigenvalue weighted by Gasteiger charge is 2.40. The van der Waals surface area contributed by atoms with Crippen LogP contribution in [-0.2, 0) is 0 Å². The molecule has 0 unspecified atom stereocenters. The molecule has 0 spiro atoms. The Morgan fingerprint density at radius 1 is 1.28 bits per heavy atom. The third-order valence-corrected chi connectivity index (χ3v) is 2.54. The number of benzene rings is 1. The molecule has 0 aromatic heterocycles. The van der Waals surface area contributed by atoms with E-state index in [9.17, 15) is 14.4 Å². The molecule has 0 saturated carbocycles. The number of rotatable bonds is 3. The van der Waals surface area contributed by atoms with Crippen LogP contribution < -0.4 is 0 Å². The number of amides is 3. The van der Waals surface area contributed by atoms with Crippen LogP contribution in [0.5, 0.6) is 0 Å². The van der Waals surface area contributed by atoms with E-state index in [-0.39, 0.29) is 17.7 Å². The summed E-state index contributed by atoms with van der Waals surface area (Å²) in [4.78, 5) is 35.0. The predicted octanol–water partition coefficient (Wildman–Crippen LogP) is 1.36. The summed E-state index contributed by atoms with van der Waals surface area (Å²) < 4.78 is 0. The standard InChI is InChI=1S/C12H10N2O4/c1-2-7-13(12(17)18)14-10(15)8-5-3-4-6-9(8)11(14)16/h2-6H,1,7H2,(H,17,18). The lowest BCUT2D eigenvalue weighted by molar-refractivity contribution is 0.0110. The highest BCUT2D eigenvalue weighted by atomic mass is 16.4. The second kappa shape index (κ2) is 4.33. The molecule has 1 heterocycles. The van der Waals surface area contributed by atoms with E-state index in [1.54, 1.807) is 12.1 Å². The van der Waals surface area contributed by atoms with Crippen LogP contribution in [-0.4, -0.2) is 39.6 Å². The van der Waals surface area contributed by atoms with Gasteiger partial charge in [0.05, 0.1) is 17.7 Å². The van der Waals surface area contributed by atoms with Gasteiger partial charge < -0.3 is 5.11 Å². The first-order chi connectivity index (χ1) is 8.57. The highest BCUT2D eigenvalue weighted by Crippen LogP contribution is 2.24. The number of carbonyl (C=O) groups is 3. The van der Waals surface area contributed by atoms with Gasteiger partial charge in [-0.15, -0.1) is 6.58 Å². The number of imide groups is 1. The number of fused-ring (bicyclic) bond motifs is 1. The average molecular weight is 246 g/mol. The number of hydrogen-bond donors (Lipinski definition) is 1. The van der Waals surface area contributed by atoms with Gasteiger partial charge in [-0.05, 0) is 12.1 Å². The van der Waals surface area contributed by atoms with Crippen molar-refractivity contribution in [3.63, 3.8) is 0 Å². The third-order valence-electron chi connectivity index (χ3n) is 2.54. The molecule has 0 bridgehead atoms. The SMILES string of the molecule is C=CCN(C(=O)O)N1C(=O)c2ccccc2C1=O. The lowest BCUT2D eigenvalue weighted by atomic mass is 10.1. The molecule has 1 aliphatic rings. The van der Waals surface area contributed by atoms with Crippen LogP contribution >= 0.6 is 0 Å². The molecular weight excluding hydrogens is 236 g/mol. The Hall–Kier alpha value is -2.63. The summed E-state index contributed by atoms with van der Waals surface area (Å²) in [6.07, 6.45) is -0.0816. The van der Waals surface area contributed by atoms with E-state index >= 15 is 0 Å². The Balaban J connectivity index is 2.44. The zero-order valence-electron chi connectivity index (χ0n) is 9.37. The van der Waals surface area contributed by atoms with E-state index in [4.69, 9.17) is 5.11 Å². The molecule has 2 rings (SSSR count). The number of carboxylic acid groups (broad SMARTS) is 1. The molecule has 1 aromatic carbocycles. The number of nitrogens with zero attached hydrogens (tertiary/aromatic N) is 2. The maximum absolute atomic E-state index is 12.0. The van der Waals surface area contributed by atoms with Crippen LogP contribution in [0.4, 0.5) is 4.79 Å². The van der Waals surface area contributed by atoms with Crippen molar-refractivity contribution in [2.75, 3.05) is 6.54 Å². The average Bonchev–Trinajstić information content (AvgIpc) is 2.60. The fraction of sp³-hybridized carbons (Fsp3) is 0.0833. The van der Waals surface area contributed by atoms with E-state index in [2.05, 4.69) is 6.58 Å². The molecule has 0 saturated heterocycles. The summed E-state index contributed by atoms with van der Waals surface area (Å²) in [5, 5.41) is 10.3. The molecule has 6 heteroatoms. The second-order valence-corrected chi connectivity index (χ2v) is 3.62. The molecule has 6 nitrogen and oxygen atoms in total. The van der Waals surface area contributed by atoms with Gasteiger partial charge in [0, 0.05) is 0 Å². The van der Waals surface area contributed by atoms with Crippen molar-refractivity contribution in [1.29, 1.82) is 0 Å². The van der Waals surface area contributed by atoms with Crippen molar-refractivity contribution < 1.29 is 19.5 Å². The lowest BCUT2D eigenvalue weighted by Gasteiger charge is -2.25. The van der Waals surface area contributed by atoms with E-state index in [1.807, 2.05) is 0 Å². The number of carbonyl (C=O) groups excluding carboxylic acids is 2. The molecule has 0 radical (unpaired) electrons. The van der Waals surface area contributed by atoms with Crippen molar-refractivity contribution in [3.05, 3.63) is 48.0 Å². The normalized spacial score (nSPS) is 13.4. The molecule has 3 amide bonds. The van der Waals surface area contributed by atoms with E-state index in [0.29, 0.717) is 10.0 Å². The minimum atomic E-state index is -1.38. The first-order valence-corrected chi connectivity index (χ1v) is 5.17. The minimum absolute atomic E-state index is 0.138. The summed E-state index contributed by atoms with van der Waals surface area (Å²) in [5.41, 5.74) is 0.413. The fourth-order valence-corrected chi connectivity index (χ4v) is 1.76. The van der Waals surface area contributed by atoms with Crippen molar-refractivity contribution in [2.24, 2.45) is 0 Å². The summed E-state index contributed by atoms with van der Waals surface area (Å²) in [6, 6.07) is 6.21. The molecule has 92 valence electrons. The Bertz CT molecular complexity index is 518. The zero-order chi connectivity index (χ0) is 13.3. The Kier molecular flexibility index (Phi) is 2.85. The largest absolute Gasteiger partial charge is 0.464 e. The predicted molar refractivity (Wildman–Crippen MR) is 61.9 cm³/mol. The van der Waals surface area contributed by atoms with E-state index in [1.165, 1.54) is 18.2 Å². The van der Waals surface area contributed by atoms with Crippen molar-refractivity contribution in [3.8, 4) is 0 Å². The number of hydrogen-bond acceptors (Lipinski definition) is 3. The molecule has 1 N–H and O–H groups in total. The van der Waals surface area contributed by atoms with Gasteiger partial charge in [-0.1, -0.05) is 18.2 Å². The van der Waals surface area contributed by atoms with Crippen LogP contribution in [0.2, 0.25) is 0 Å².